The highest BCUT2D eigenvalue weighted by Gasteiger charge is 2.18. The second kappa shape index (κ2) is 13.3. The molecule has 38 heavy (non-hydrogen) atoms. The monoisotopic (exact) mass is 518 g/mol. The zero-order valence-corrected chi connectivity index (χ0v) is 22.1. The average molecular weight is 519 g/mol. The van der Waals surface area contributed by atoms with E-state index in [0.717, 1.165) is 5.56 Å². The quantitative estimate of drug-likeness (QED) is 0.324. The number of ether oxygens (including phenoxy) is 2. The first-order chi connectivity index (χ1) is 18.1. The number of rotatable bonds is 9. The first-order valence-corrected chi connectivity index (χ1v) is 12.2. The highest BCUT2D eigenvalue weighted by molar-refractivity contribution is 6.06. The zero-order valence-electron chi connectivity index (χ0n) is 22.1. The summed E-state index contributed by atoms with van der Waals surface area (Å²) in [6.45, 7) is 6.45. The molecule has 0 heterocycles. The van der Waals surface area contributed by atoms with Crippen LogP contribution in [0.25, 0.3) is 0 Å². The van der Waals surface area contributed by atoms with Crippen LogP contribution in [0.1, 0.15) is 36.7 Å². The summed E-state index contributed by atoms with van der Waals surface area (Å²) in [5.41, 5.74) is 2.20. The van der Waals surface area contributed by atoms with Gasteiger partial charge in [-0.1, -0.05) is 42.5 Å². The third-order valence-electron chi connectivity index (χ3n) is 5.28. The van der Waals surface area contributed by atoms with Crippen molar-refractivity contribution in [2.75, 3.05) is 36.2 Å². The number of para-hydroxylation sites is 3. The molecular weight excluding hydrogens is 484 g/mol. The van der Waals surface area contributed by atoms with Crippen molar-refractivity contribution in [2.45, 2.75) is 32.9 Å². The Hall–Kier alpha value is -4.37. The topological polar surface area (TPSA) is 109 Å². The van der Waals surface area contributed by atoms with Crippen LogP contribution >= 0.6 is 0 Å². The van der Waals surface area contributed by atoms with E-state index in [1.807, 2.05) is 30.3 Å². The number of urea groups is 1. The Morgan fingerprint density at radius 3 is 2.00 bits per heavy atom. The van der Waals surface area contributed by atoms with Crippen molar-refractivity contribution in [3.8, 4) is 0 Å². The van der Waals surface area contributed by atoms with Gasteiger partial charge in [0.25, 0.3) is 5.91 Å². The Labute approximate surface area is 223 Å². The van der Waals surface area contributed by atoms with E-state index < -0.39 is 11.7 Å². The number of methoxy groups -OCH3 is 1. The van der Waals surface area contributed by atoms with Gasteiger partial charge >= 0.3 is 12.1 Å². The molecule has 0 aliphatic heterocycles. The number of benzene rings is 3. The average Bonchev–Trinajstić information content (AvgIpc) is 2.87. The number of carbonyl (C=O) groups excluding carboxylic acids is 3. The molecule has 0 aromatic heterocycles. The van der Waals surface area contributed by atoms with Crippen LogP contribution in [0.5, 0.6) is 0 Å². The van der Waals surface area contributed by atoms with Crippen molar-refractivity contribution in [3.05, 3.63) is 90.0 Å². The van der Waals surface area contributed by atoms with Crippen LogP contribution in [0.2, 0.25) is 0 Å². The van der Waals surface area contributed by atoms with Gasteiger partial charge in [-0.3, -0.25) is 10.1 Å². The maximum Gasteiger partial charge on any atom is 0.412 e. The van der Waals surface area contributed by atoms with E-state index in [9.17, 15) is 14.4 Å². The van der Waals surface area contributed by atoms with Gasteiger partial charge in [-0.25, -0.2) is 9.59 Å². The van der Waals surface area contributed by atoms with Crippen LogP contribution in [-0.4, -0.2) is 48.8 Å². The van der Waals surface area contributed by atoms with Crippen LogP contribution in [-0.2, 0) is 16.0 Å². The second-order valence-corrected chi connectivity index (χ2v) is 9.53. The van der Waals surface area contributed by atoms with E-state index in [-0.39, 0.29) is 11.9 Å². The van der Waals surface area contributed by atoms with E-state index in [2.05, 4.69) is 16.0 Å². The molecule has 0 bridgehead atoms. The molecule has 0 saturated carbocycles. The molecule has 200 valence electrons. The van der Waals surface area contributed by atoms with E-state index in [4.69, 9.17) is 9.47 Å². The predicted molar refractivity (Wildman–Crippen MR) is 148 cm³/mol. The predicted octanol–water partition coefficient (Wildman–Crippen LogP) is 5.97. The first-order valence-electron chi connectivity index (χ1n) is 12.2. The van der Waals surface area contributed by atoms with Gasteiger partial charge in [-0.2, -0.15) is 0 Å². The minimum atomic E-state index is -0.647. The highest BCUT2D eigenvalue weighted by Crippen LogP contribution is 2.23. The molecule has 3 N–H and O–H groups in total. The van der Waals surface area contributed by atoms with E-state index in [1.165, 1.54) is 0 Å². The lowest BCUT2D eigenvalue weighted by Crippen LogP contribution is -2.36. The SMILES string of the molecule is COCCN(Cc1ccc(C(=O)Nc2ccccc2NC(=O)OC(C)(C)C)cc1)C(=O)Nc1ccccc1. The summed E-state index contributed by atoms with van der Waals surface area (Å²) in [4.78, 5) is 39.6. The highest BCUT2D eigenvalue weighted by atomic mass is 16.6. The molecule has 0 atom stereocenters. The number of nitrogens with one attached hydrogen (secondary N) is 3. The van der Waals surface area contributed by atoms with Crippen LogP contribution in [0, 0.1) is 0 Å². The van der Waals surface area contributed by atoms with Crippen molar-refractivity contribution >= 4 is 35.1 Å². The maximum atomic E-state index is 12.9. The largest absolute Gasteiger partial charge is 0.444 e. The smallest absolute Gasteiger partial charge is 0.412 e. The molecule has 3 aromatic rings. The summed E-state index contributed by atoms with van der Waals surface area (Å²) in [5, 5.41) is 8.39. The second-order valence-electron chi connectivity index (χ2n) is 9.53. The van der Waals surface area contributed by atoms with Crippen LogP contribution in [0.15, 0.2) is 78.9 Å². The molecule has 0 spiro atoms. The Balaban J connectivity index is 1.65. The van der Waals surface area contributed by atoms with Crippen LogP contribution in [0.4, 0.5) is 26.7 Å². The lowest BCUT2D eigenvalue weighted by molar-refractivity contribution is 0.0635. The number of hydrogen-bond acceptors (Lipinski definition) is 5. The van der Waals surface area contributed by atoms with Gasteiger partial charge in [0.15, 0.2) is 0 Å². The molecule has 3 rings (SSSR count). The van der Waals surface area contributed by atoms with Crippen molar-refractivity contribution < 1.29 is 23.9 Å². The van der Waals surface area contributed by atoms with Gasteiger partial charge in [-0.15, -0.1) is 0 Å². The van der Waals surface area contributed by atoms with Gasteiger partial charge in [-0.05, 0) is 62.7 Å². The standard InChI is InChI=1S/C29H34N4O5/c1-29(2,3)38-28(36)32-25-13-9-8-12-24(25)31-26(34)22-16-14-21(15-17-22)20-33(18-19-37-4)27(35)30-23-10-6-5-7-11-23/h5-17H,18-20H2,1-4H3,(H,30,35)(H,31,34)(H,32,36). The zero-order chi connectivity index (χ0) is 27.5. The summed E-state index contributed by atoms with van der Waals surface area (Å²) >= 11 is 0. The summed E-state index contributed by atoms with van der Waals surface area (Å²) in [5.74, 6) is -0.340. The maximum absolute atomic E-state index is 12.9. The molecule has 3 aromatic carbocycles. The van der Waals surface area contributed by atoms with E-state index in [1.54, 1.807) is 81.3 Å². The molecule has 0 aliphatic carbocycles. The first kappa shape index (κ1) is 28.2. The summed E-state index contributed by atoms with van der Waals surface area (Å²) < 4.78 is 10.5. The van der Waals surface area contributed by atoms with Crippen LogP contribution in [0.3, 0.4) is 0 Å². The fourth-order valence-electron chi connectivity index (χ4n) is 3.47. The van der Waals surface area contributed by atoms with E-state index >= 15 is 0 Å². The summed E-state index contributed by atoms with van der Waals surface area (Å²) in [6.07, 6.45) is -0.613. The van der Waals surface area contributed by atoms with Crippen molar-refractivity contribution in [1.82, 2.24) is 4.90 Å². The summed E-state index contributed by atoms with van der Waals surface area (Å²) in [7, 11) is 1.59. The third kappa shape index (κ3) is 8.94. The Morgan fingerprint density at radius 1 is 0.789 bits per heavy atom. The fourth-order valence-corrected chi connectivity index (χ4v) is 3.47. The Kier molecular flexibility index (Phi) is 9.84. The van der Waals surface area contributed by atoms with Gasteiger partial charge in [0.2, 0.25) is 0 Å². The van der Waals surface area contributed by atoms with Crippen molar-refractivity contribution in [3.63, 3.8) is 0 Å². The molecule has 0 aliphatic rings. The minimum Gasteiger partial charge on any atom is -0.444 e. The van der Waals surface area contributed by atoms with E-state index in [0.29, 0.717) is 42.3 Å². The Bertz CT molecular complexity index is 1220. The van der Waals surface area contributed by atoms with Crippen molar-refractivity contribution in [2.24, 2.45) is 0 Å². The Morgan fingerprint density at radius 2 is 1.39 bits per heavy atom. The van der Waals surface area contributed by atoms with Gasteiger partial charge < -0.3 is 25.0 Å². The van der Waals surface area contributed by atoms with Crippen molar-refractivity contribution in [1.29, 1.82) is 0 Å². The number of carbonyl (C=O) groups is 3. The molecule has 9 nitrogen and oxygen atoms in total. The molecular formula is C29H34N4O5. The third-order valence-corrected chi connectivity index (χ3v) is 5.28. The molecule has 0 fully saturated rings. The summed E-state index contributed by atoms with van der Waals surface area (Å²) in [6, 6.07) is 22.8. The van der Waals surface area contributed by atoms with Crippen LogP contribution < -0.4 is 16.0 Å². The lowest BCUT2D eigenvalue weighted by atomic mass is 10.1. The number of nitrogens with zero attached hydrogens (tertiary/aromatic N) is 1. The minimum absolute atomic E-state index is 0.246. The molecule has 0 radical (unpaired) electrons. The van der Waals surface area contributed by atoms with Gasteiger partial charge in [0.1, 0.15) is 5.60 Å². The molecule has 4 amide bonds. The normalized spacial score (nSPS) is 10.8. The fraction of sp³-hybridized carbons (Fsp3) is 0.276. The number of anilines is 3. The molecule has 0 unspecified atom stereocenters. The molecule has 9 heteroatoms. The number of hydrogen-bond donors (Lipinski definition) is 3. The lowest BCUT2D eigenvalue weighted by Gasteiger charge is -2.23. The number of amides is 4. The van der Waals surface area contributed by atoms with Gasteiger partial charge in [0, 0.05) is 31.5 Å². The molecule has 0 saturated heterocycles. The van der Waals surface area contributed by atoms with Gasteiger partial charge in [0.05, 0.1) is 18.0 Å².